The van der Waals surface area contributed by atoms with Gasteiger partial charge in [0.2, 0.25) is 0 Å². The minimum atomic E-state index is -0.350. The molecule has 0 radical (unpaired) electrons. The van der Waals surface area contributed by atoms with Crippen LogP contribution in [0.5, 0.6) is 0 Å². The Balaban J connectivity index is 2.50. The van der Waals surface area contributed by atoms with Crippen molar-refractivity contribution in [2.24, 2.45) is 0 Å². The Hall–Kier alpha value is -0.780. The molecule has 0 aromatic rings. The molecule has 0 bridgehead atoms. The van der Waals surface area contributed by atoms with E-state index in [-0.39, 0.29) is 6.10 Å². The highest BCUT2D eigenvalue weighted by atomic mass is 16.3. The van der Waals surface area contributed by atoms with Crippen LogP contribution in [0.15, 0.2) is 11.6 Å². The van der Waals surface area contributed by atoms with Crippen LogP contribution in [-0.2, 0) is 0 Å². The van der Waals surface area contributed by atoms with Gasteiger partial charge < -0.3 is 10.4 Å². The highest BCUT2D eigenvalue weighted by molar-refractivity contribution is 5.16. The van der Waals surface area contributed by atoms with E-state index in [1.807, 2.05) is 6.08 Å². The van der Waals surface area contributed by atoms with E-state index in [9.17, 15) is 0 Å². The number of hydrogen-bond acceptors (Lipinski definition) is 2. The second kappa shape index (κ2) is 3.40. The van der Waals surface area contributed by atoms with Crippen molar-refractivity contribution in [3.63, 3.8) is 0 Å². The first-order chi connectivity index (χ1) is 4.83. The summed E-state index contributed by atoms with van der Waals surface area (Å²) in [5.41, 5.74) is 1.11. The molecule has 2 nitrogen and oxygen atoms in total. The third kappa shape index (κ3) is 1.87. The number of aliphatic hydroxyl groups excluding tert-OH is 1. The lowest BCUT2D eigenvalue weighted by Crippen LogP contribution is -2.32. The molecule has 0 fully saturated rings. The molecule has 54 valence electrons. The van der Waals surface area contributed by atoms with E-state index in [0.29, 0.717) is 13.0 Å². The Bertz CT molecular complexity index is 178. The molecule has 1 aliphatic rings. The predicted octanol–water partition coefficient (Wildman–Crippen LogP) is -0.0998. The quantitative estimate of drug-likeness (QED) is 0.391. The number of terminal acetylenes is 1. The Kier molecular flexibility index (Phi) is 2.49. The molecule has 1 rings (SSSR count). The SMILES string of the molecule is C#CCC1=CC(O)CNC1. The average molecular weight is 137 g/mol. The van der Waals surface area contributed by atoms with Gasteiger partial charge in [-0.05, 0) is 5.57 Å². The first-order valence-electron chi connectivity index (χ1n) is 3.34. The van der Waals surface area contributed by atoms with Gasteiger partial charge >= 0.3 is 0 Å². The molecule has 2 N–H and O–H groups in total. The van der Waals surface area contributed by atoms with Gasteiger partial charge in [-0.1, -0.05) is 6.08 Å². The van der Waals surface area contributed by atoms with Crippen molar-refractivity contribution in [2.75, 3.05) is 13.1 Å². The lowest BCUT2D eigenvalue weighted by atomic mass is 10.1. The van der Waals surface area contributed by atoms with Crippen molar-refractivity contribution in [1.29, 1.82) is 0 Å². The number of rotatable bonds is 1. The molecule has 0 amide bonds. The highest BCUT2D eigenvalue weighted by Crippen LogP contribution is 2.04. The molecule has 1 heterocycles. The maximum absolute atomic E-state index is 9.10. The molecule has 0 saturated carbocycles. The minimum Gasteiger partial charge on any atom is -0.388 e. The monoisotopic (exact) mass is 137 g/mol. The molecule has 0 aliphatic carbocycles. The van der Waals surface area contributed by atoms with Crippen LogP contribution in [0.25, 0.3) is 0 Å². The fourth-order valence-electron chi connectivity index (χ4n) is 1.02. The summed E-state index contributed by atoms with van der Waals surface area (Å²) in [4.78, 5) is 0. The summed E-state index contributed by atoms with van der Waals surface area (Å²) in [5.74, 6) is 2.54. The average Bonchev–Trinajstić information content (AvgIpc) is 1.88. The first kappa shape index (κ1) is 7.33. The molecule has 0 saturated heterocycles. The van der Waals surface area contributed by atoms with E-state index in [2.05, 4.69) is 11.2 Å². The van der Waals surface area contributed by atoms with Gasteiger partial charge in [0.05, 0.1) is 6.10 Å². The lowest BCUT2D eigenvalue weighted by Gasteiger charge is -2.16. The minimum absolute atomic E-state index is 0.350. The van der Waals surface area contributed by atoms with Gasteiger partial charge in [0.15, 0.2) is 0 Å². The molecular weight excluding hydrogens is 126 g/mol. The van der Waals surface area contributed by atoms with E-state index in [1.54, 1.807) is 0 Å². The van der Waals surface area contributed by atoms with Crippen molar-refractivity contribution in [3.05, 3.63) is 11.6 Å². The van der Waals surface area contributed by atoms with Gasteiger partial charge in [-0.15, -0.1) is 12.3 Å². The van der Waals surface area contributed by atoms with E-state index in [1.165, 1.54) is 0 Å². The van der Waals surface area contributed by atoms with Crippen LogP contribution < -0.4 is 5.32 Å². The third-order valence-electron chi connectivity index (χ3n) is 1.46. The van der Waals surface area contributed by atoms with E-state index >= 15 is 0 Å². The zero-order valence-corrected chi connectivity index (χ0v) is 5.80. The van der Waals surface area contributed by atoms with Crippen LogP contribution in [0.3, 0.4) is 0 Å². The molecule has 0 aromatic carbocycles. The summed E-state index contributed by atoms with van der Waals surface area (Å²) in [6.07, 6.45) is 7.23. The van der Waals surface area contributed by atoms with Gasteiger partial charge in [-0.3, -0.25) is 0 Å². The molecule has 2 heteroatoms. The maximum atomic E-state index is 9.10. The molecule has 1 atom stereocenters. The summed E-state index contributed by atoms with van der Waals surface area (Å²) >= 11 is 0. The number of β-amino-alcohol motifs (C(OH)–C–C–N with tert-alkyl or cyclic N) is 1. The van der Waals surface area contributed by atoms with Crippen molar-refractivity contribution >= 4 is 0 Å². The molecule has 1 unspecified atom stereocenters. The van der Waals surface area contributed by atoms with E-state index in [0.717, 1.165) is 12.1 Å². The first-order valence-corrected chi connectivity index (χ1v) is 3.34. The van der Waals surface area contributed by atoms with Gasteiger partial charge in [0, 0.05) is 19.5 Å². The molecule has 10 heavy (non-hydrogen) atoms. The van der Waals surface area contributed by atoms with Crippen LogP contribution in [-0.4, -0.2) is 24.3 Å². The van der Waals surface area contributed by atoms with Crippen LogP contribution in [0.4, 0.5) is 0 Å². The summed E-state index contributed by atoms with van der Waals surface area (Å²) in [7, 11) is 0. The number of nitrogens with one attached hydrogen (secondary N) is 1. The van der Waals surface area contributed by atoms with Gasteiger partial charge in [0.25, 0.3) is 0 Å². The Labute approximate surface area is 60.9 Å². The van der Waals surface area contributed by atoms with Crippen LogP contribution in [0, 0.1) is 12.3 Å². The van der Waals surface area contributed by atoms with Gasteiger partial charge in [-0.2, -0.15) is 0 Å². The molecule has 0 spiro atoms. The maximum Gasteiger partial charge on any atom is 0.0848 e. The lowest BCUT2D eigenvalue weighted by molar-refractivity contribution is 0.213. The summed E-state index contributed by atoms with van der Waals surface area (Å²) < 4.78 is 0. The molecule has 0 aromatic heterocycles. The Morgan fingerprint density at radius 1 is 1.90 bits per heavy atom. The highest BCUT2D eigenvalue weighted by Gasteiger charge is 2.07. The van der Waals surface area contributed by atoms with Crippen LogP contribution in [0.2, 0.25) is 0 Å². The fraction of sp³-hybridized carbons (Fsp3) is 0.500. The van der Waals surface area contributed by atoms with Crippen LogP contribution >= 0.6 is 0 Å². The van der Waals surface area contributed by atoms with Gasteiger partial charge in [0.1, 0.15) is 0 Å². The summed E-state index contributed by atoms with van der Waals surface area (Å²) in [6.45, 7) is 1.47. The van der Waals surface area contributed by atoms with Crippen molar-refractivity contribution in [1.82, 2.24) is 5.32 Å². The van der Waals surface area contributed by atoms with Crippen molar-refractivity contribution in [3.8, 4) is 12.3 Å². The second-order valence-electron chi connectivity index (χ2n) is 2.40. The fourth-order valence-corrected chi connectivity index (χ4v) is 1.02. The van der Waals surface area contributed by atoms with E-state index in [4.69, 9.17) is 11.5 Å². The van der Waals surface area contributed by atoms with Crippen LogP contribution in [0.1, 0.15) is 6.42 Å². The zero-order valence-electron chi connectivity index (χ0n) is 5.80. The van der Waals surface area contributed by atoms with E-state index < -0.39 is 0 Å². The number of hydrogen-bond donors (Lipinski definition) is 2. The smallest absolute Gasteiger partial charge is 0.0848 e. The summed E-state index contributed by atoms with van der Waals surface area (Å²) in [5, 5.41) is 12.2. The topological polar surface area (TPSA) is 32.3 Å². The zero-order chi connectivity index (χ0) is 7.40. The normalized spacial score (nSPS) is 25.2. The predicted molar refractivity (Wildman–Crippen MR) is 40.4 cm³/mol. The molecule has 1 aliphatic heterocycles. The third-order valence-corrected chi connectivity index (χ3v) is 1.46. The number of aliphatic hydroxyl groups is 1. The summed E-state index contributed by atoms with van der Waals surface area (Å²) in [6, 6.07) is 0. The Morgan fingerprint density at radius 2 is 2.70 bits per heavy atom. The van der Waals surface area contributed by atoms with Crippen molar-refractivity contribution < 1.29 is 5.11 Å². The largest absolute Gasteiger partial charge is 0.388 e. The van der Waals surface area contributed by atoms with Crippen molar-refractivity contribution in [2.45, 2.75) is 12.5 Å². The molecular formula is C8H11NO. The van der Waals surface area contributed by atoms with Gasteiger partial charge in [-0.25, -0.2) is 0 Å². The standard InChI is InChI=1S/C8H11NO/c1-2-3-7-4-8(10)6-9-5-7/h1,4,8-10H,3,5-6H2. The Morgan fingerprint density at radius 3 is 3.30 bits per heavy atom. The second-order valence-corrected chi connectivity index (χ2v) is 2.40.